The molecule has 2 saturated heterocycles. The van der Waals surface area contributed by atoms with Crippen molar-refractivity contribution in [3.63, 3.8) is 0 Å². The summed E-state index contributed by atoms with van der Waals surface area (Å²) in [5.41, 5.74) is -0.873. The van der Waals surface area contributed by atoms with E-state index in [0.717, 1.165) is 4.47 Å². The predicted molar refractivity (Wildman–Crippen MR) is 93.5 cm³/mol. The molecule has 2 aliphatic heterocycles. The Kier molecular flexibility index (Phi) is 4.61. The third kappa shape index (κ3) is 3.30. The van der Waals surface area contributed by atoms with E-state index in [4.69, 9.17) is 4.74 Å². The van der Waals surface area contributed by atoms with Crippen LogP contribution >= 0.6 is 15.9 Å². The fourth-order valence-corrected chi connectivity index (χ4v) is 3.83. The Labute approximate surface area is 150 Å². The maximum atomic E-state index is 12.4. The standard InChI is InChI=1S/C17H24BrN3O3/c1-16(2,3)24-15(22)21-9-11-6-19-7-12(10-21)17(11,23)14-5-4-13(18)8-20-14/h4-5,8,11-12,19,23H,6-7,9-10H2,1-3H3. The lowest BCUT2D eigenvalue weighted by Gasteiger charge is -2.52. The molecule has 0 aliphatic carbocycles. The molecule has 2 aliphatic rings. The van der Waals surface area contributed by atoms with Gasteiger partial charge in [0.25, 0.3) is 0 Å². The number of aromatic nitrogens is 1. The van der Waals surface area contributed by atoms with Crippen LogP contribution in [0, 0.1) is 11.8 Å². The molecular formula is C17H24BrN3O3. The van der Waals surface area contributed by atoms with E-state index < -0.39 is 11.2 Å². The van der Waals surface area contributed by atoms with Gasteiger partial charge in [0.05, 0.1) is 5.69 Å². The van der Waals surface area contributed by atoms with Crippen molar-refractivity contribution in [1.82, 2.24) is 15.2 Å². The van der Waals surface area contributed by atoms with Crippen molar-refractivity contribution in [3.05, 3.63) is 28.5 Å². The number of fused-ring (bicyclic) bond motifs is 2. The van der Waals surface area contributed by atoms with Crippen molar-refractivity contribution in [3.8, 4) is 0 Å². The maximum absolute atomic E-state index is 12.4. The zero-order chi connectivity index (χ0) is 17.5. The fraction of sp³-hybridized carbons (Fsp3) is 0.647. The number of amides is 1. The van der Waals surface area contributed by atoms with E-state index in [1.807, 2.05) is 32.9 Å². The van der Waals surface area contributed by atoms with E-state index in [0.29, 0.717) is 31.9 Å². The van der Waals surface area contributed by atoms with Crippen LogP contribution in [0.15, 0.2) is 22.8 Å². The number of aliphatic hydroxyl groups is 1. The Morgan fingerprint density at radius 2 is 2.00 bits per heavy atom. The van der Waals surface area contributed by atoms with Crippen LogP contribution in [-0.2, 0) is 10.3 Å². The SMILES string of the molecule is CC(C)(C)OC(=O)N1CC2CNCC(C1)C2(O)c1ccc(Br)cn1. The van der Waals surface area contributed by atoms with Crippen molar-refractivity contribution in [2.45, 2.75) is 32.0 Å². The van der Waals surface area contributed by atoms with Gasteiger partial charge in [0.15, 0.2) is 0 Å². The molecule has 0 saturated carbocycles. The van der Waals surface area contributed by atoms with Crippen molar-refractivity contribution in [1.29, 1.82) is 0 Å². The van der Waals surface area contributed by atoms with Crippen LogP contribution in [0.1, 0.15) is 26.5 Å². The highest BCUT2D eigenvalue weighted by Gasteiger charge is 2.53. The highest BCUT2D eigenvalue weighted by molar-refractivity contribution is 9.10. The number of piperidine rings is 2. The molecular weight excluding hydrogens is 374 g/mol. The van der Waals surface area contributed by atoms with Gasteiger partial charge in [-0.3, -0.25) is 4.98 Å². The van der Waals surface area contributed by atoms with Crippen molar-refractivity contribution in [2.75, 3.05) is 26.2 Å². The summed E-state index contributed by atoms with van der Waals surface area (Å²) in [4.78, 5) is 18.6. The van der Waals surface area contributed by atoms with E-state index in [1.54, 1.807) is 11.1 Å². The fourth-order valence-electron chi connectivity index (χ4n) is 3.60. The third-order valence-corrected chi connectivity index (χ3v) is 5.17. The predicted octanol–water partition coefficient (Wildman–Crippen LogP) is 2.12. The van der Waals surface area contributed by atoms with Gasteiger partial charge in [0.2, 0.25) is 0 Å². The van der Waals surface area contributed by atoms with Gasteiger partial charge in [0.1, 0.15) is 11.2 Å². The van der Waals surface area contributed by atoms with Crippen LogP contribution in [0.3, 0.4) is 0 Å². The first-order valence-corrected chi connectivity index (χ1v) is 9.02. The van der Waals surface area contributed by atoms with E-state index in [2.05, 4.69) is 26.2 Å². The molecule has 1 aromatic rings. The molecule has 3 rings (SSSR count). The molecule has 0 aromatic carbocycles. The van der Waals surface area contributed by atoms with Gasteiger partial charge in [0, 0.05) is 48.7 Å². The molecule has 24 heavy (non-hydrogen) atoms. The third-order valence-electron chi connectivity index (χ3n) is 4.70. The minimum Gasteiger partial charge on any atom is -0.444 e. The lowest BCUT2D eigenvalue weighted by atomic mass is 9.69. The minimum absolute atomic E-state index is 0.119. The first kappa shape index (κ1) is 17.6. The lowest BCUT2D eigenvalue weighted by Crippen LogP contribution is -2.65. The van der Waals surface area contributed by atoms with Crippen LogP contribution < -0.4 is 5.32 Å². The number of hydrogen-bond donors (Lipinski definition) is 2. The van der Waals surface area contributed by atoms with Crippen LogP contribution in [0.4, 0.5) is 4.79 Å². The smallest absolute Gasteiger partial charge is 0.410 e. The number of nitrogens with zero attached hydrogens (tertiary/aromatic N) is 2. The number of ether oxygens (including phenoxy) is 1. The van der Waals surface area contributed by atoms with Crippen LogP contribution in [-0.4, -0.2) is 52.9 Å². The molecule has 132 valence electrons. The second kappa shape index (κ2) is 6.28. The Bertz CT molecular complexity index is 601. The number of carbonyl (C=O) groups excluding carboxylic acids is 1. The van der Waals surface area contributed by atoms with Crippen LogP contribution in [0.25, 0.3) is 0 Å². The zero-order valence-corrected chi connectivity index (χ0v) is 15.8. The van der Waals surface area contributed by atoms with Gasteiger partial charge < -0.3 is 20.1 Å². The molecule has 0 radical (unpaired) electrons. The normalized spacial score (nSPS) is 30.1. The minimum atomic E-state index is -1.02. The molecule has 2 N–H and O–H groups in total. The largest absolute Gasteiger partial charge is 0.444 e. The topological polar surface area (TPSA) is 74.7 Å². The van der Waals surface area contributed by atoms with Gasteiger partial charge >= 0.3 is 6.09 Å². The van der Waals surface area contributed by atoms with E-state index in [1.165, 1.54) is 0 Å². The average Bonchev–Trinajstić information content (AvgIpc) is 2.45. The second-order valence-corrected chi connectivity index (χ2v) is 8.54. The van der Waals surface area contributed by atoms with Gasteiger partial charge in [-0.1, -0.05) is 0 Å². The number of rotatable bonds is 1. The van der Waals surface area contributed by atoms with Crippen LogP contribution in [0.2, 0.25) is 0 Å². The molecule has 2 atom stereocenters. The Morgan fingerprint density at radius 3 is 2.50 bits per heavy atom. The summed E-state index contributed by atoms with van der Waals surface area (Å²) in [6, 6.07) is 3.75. The molecule has 6 nitrogen and oxygen atoms in total. The number of likely N-dealkylation sites (tertiary alicyclic amines) is 1. The molecule has 1 aromatic heterocycles. The van der Waals surface area contributed by atoms with Crippen molar-refractivity contribution < 1.29 is 14.6 Å². The van der Waals surface area contributed by atoms with E-state index in [-0.39, 0.29) is 17.9 Å². The Morgan fingerprint density at radius 1 is 1.38 bits per heavy atom. The van der Waals surface area contributed by atoms with Gasteiger partial charge in [-0.15, -0.1) is 0 Å². The summed E-state index contributed by atoms with van der Waals surface area (Å²) in [6.07, 6.45) is 1.39. The molecule has 1 amide bonds. The molecule has 2 fully saturated rings. The summed E-state index contributed by atoms with van der Waals surface area (Å²) in [7, 11) is 0. The van der Waals surface area contributed by atoms with Crippen LogP contribution in [0.5, 0.6) is 0 Å². The summed E-state index contributed by atoms with van der Waals surface area (Å²) in [5.74, 6) is -0.239. The number of halogens is 1. The average molecular weight is 398 g/mol. The Hall–Kier alpha value is -1.18. The van der Waals surface area contributed by atoms with Crippen molar-refractivity contribution >= 4 is 22.0 Å². The summed E-state index contributed by atoms with van der Waals surface area (Å²) in [5, 5.41) is 14.8. The summed E-state index contributed by atoms with van der Waals surface area (Å²) >= 11 is 3.38. The molecule has 3 heterocycles. The molecule has 2 unspecified atom stereocenters. The Balaban J connectivity index is 1.83. The monoisotopic (exact) mass is 397 g/mol. The first-order chi connectivity index (χ1) is 11.2. The number of nitrogens with one attached hydrogen (secondary N) is 1. The summed E-state index contributed by atoms with van der Waals surface area (Å²) < 4.78 is 6.37. The van der Waals surface area contributed by atoms with Gasteiger partial charge in [-0.25, -0.2) is 4.79 Å². The van der Waals surface area contributed by atoms with Crippen molar-refractivity contribution in [2.24, 2.45) is 11.8 Å². The molecule has 2 bridgehead atoms. The highest BCUT2D eigenvalue weighted by Crippen LogP contribution is 2.42. The number of carbonyl (C=O) groups is 1. The lowest BCUT2D eigenvalue weighted by molar-refractivity contribution is -0.138. The van der Waals surface area contributed by atoms with Gasteiger partial charge in [-0.2, -0.15) is 0 Å². The van der Waals surface area contributed by atoms with E-state index in [9.17, 15) is 9.90 Å². The zero-order valence-electron chi connectivity index (χ0n) is 14.3. The molecule has 7 heteroatoms. The van der Waals surface area contributed by atoms with E-state index >= 15 is 0 Å². The summed E-state index contributed by atoms with van der Waals surface area (Å²) in [6.45, 7) is 7.77. The number of hydrogen-bond acceptors (Lipinski definition) is 5. The quantitative estimate of drug-likeness (QED) is 0.758. The second-order valence-electron chi connectivity index (χ2n) is 7.62. The highest BCUT2D eigenvalue weighted by atomic mass is 79.9. The maximum Gasteiger partial charge on any atom is 0.410 e. The number of pyridine rings is 1. The first-order valence-electron chi connectivity index (χ1n) is 8.23. The van der Waals surface area contributed by atoms with Gasteiger partial charge in [-0.05, 0) is 48.8 Å². The molecule has 0 spiro atoms.